The second-order valence-electron chi connectivity index (χ2n) is 4.18. The third-order valence-electron chi connectivity index (χ3n) is 2.92. The van der Waals surface area contributed by atoms with Crippen LogP contribution in [0.25, 0.3) is 11.1 Å². The molecule has 0 saturated carbocycles. The summed E-state index contributed by atoms with van der Waals surface area (Å²) in [4.78, 5) is 10.8. The van der Waals surface area contributed by atoms with Crippen molar-refractivity contribution in [3.63, 3.8) is 0 Å². The van der Waals surface area contributed by atoms with Crippen molar-refractivity contribution in [3.05, 3.63) is 53.3 Å². The molecule has 2 aromatic carbocycles. The van der Waals surface area contributed by atoms with Crippen LogP contribution in [-0.4, -0.2) is 18.2 Å². The summed E-state index contributed by atoms with van der Waals surface area (Å²) >= 11 is 0. The maximum absolute atomic E-state index is 13.9. The molecule has 19 heavy (non-hydrogen) atoms. The Balaban J connectivity index is 2.47. The van der Waals surface area contributed by atoms with Crippen LogP contribution in [0, 0.1) is 12.7 Å². The molecule has 98 valence electrons. The fourth-order valence-corrected chi connectivity index (χ4v) is 1.93. The average molecular weight is 260 g/mol. The molecule has 0 unspecified atom stereocenters. The first-order valence-corrected chi connectivity index (χ1v) is 5.71. The van der Waals surface area contributed by atoms with Crippen LogP contribution in [0.15, 0.2) is 36.4 Å². The number of benzene rings is 2. The minimum Gasteiger partial charge on any atom is -0.496 e. The van der Waals surface area contributed by atoms with Gasteiger partial charge in [-0.3, -0.25) is 0 Å². The Hall–Kier alpha value is -2.36. The van der Waals surface area contributed by atoms with Gasteiger partial charge in [0.2, 0.25) is 0 Å². The lowest BCUT2D eigenvalue weighted by Crippen LogP contribution is -1.98. The minimum absolute atomic E-state index is 0.0634. The average Bonchev–Trinajstić information content (AvgIpc) is 2.38. The third-order valence-corrected chi connectivity index (χ3v) is 2.92. The lowest BCUT2D eigenvalue weighted by molar-refractivity contribution is 0.0696. The van der Waals surface area contributed by atoms with Gasteiger partial charge < -0.3 is 9.84 Å². The second kappa shape index (κ2) is 5.10. The van der Waals surface area contributed by atoms with E-state index in [1.54, 1.807) is 25.3 Å². The lowest BCUT2D eigenvalue weighted by atomic mass is 10.0. The van der Waals surface area contributed by atoms with E-state index in [0.29, 0.717) is 11.1 Å². The molecule has 2 aromatic rings. The van der Waals surface area contributed by atoms with Gasteiger partial charge in [-0.15, -0.1) is 0 Å². The predicted octanol–water partition coefficient (Wildman–Crippen LogP) is 3.51. The number of methoxy groups -OCH3 is 1. The van der Waals surface area contributed by atoms with Gasteiger partial charge in [0.25, 0.3) is 0 Å². The molecule has 0 atom stereocenters. The Morgan fingerprint density at radius 2 is 1.95 bits per heavy atom. The van der Waals surface area contributed by atoms with Crippen LogP contribution in [0.5, 0.6) is 5.75 Å². The largest absolute Gasteiger partial charge is 0.496 e. The van der Waals surface area contributed by atoms with Crippen LogP contribution < -0.4 is 4.74 Å². The van der Waals surface area contributed by atoms with Crippen molar-refractivity contribution in [1.82, 2.24) is 0 Å². The highest BCUT2D eigenvalue weighted by atomic mass is 19.1. The van der Waals surface area contributed by atoms with Crippen molar-refractivity contribution in [2.75, 3.05) is 7.11 Å². The first-order valence-electron chi connectivity index (χ1n) is 5.71. The zero-order valence-corrected chi connectivity index (χ0v) is 10.6. The van der Waals surface area contributed by atoms with E-state index in [-0.39, 0.29) is 5.56 Å². The Kier molecular flexibility index (Phi) is 3.51. The van der Waals surface area contributed by atoms with Gasteiger partial charge in [0, 0.05) is 5.56 Å². The molecule has 0 radical (unpaired) electrons. The first kappa shape index (κ1) is 13.1. The van der Waals surface area contributed by atoms with E-state index < -0.39 is 11.8 Å². The zero-order valence-electron chi connectivity index (χ0n) is 10.6. The quantitative estimate of drug-likeness (QED) is 0.918. The molecular weight excluding hydrogens is 247 g/mol. The summed E-state index contributed by atoms with van der Waals surface area (Å²) in [5.74, 6) is -0.966. The highest BCUT2D eigenvalue weighted by Gasteiger charge is 2.10. The molecular formula is C15H13FO3. The Labute approximate surface area is 110 Å². The summed E-state index contributed by atoms with van der Waals surface area (Å²) in [7, 11) is 1.57. The summed E-state index contributed by atoms with van der Waals surface area (Å²) in [6.45, 7) is 1.87. The van der Waals surface area contributed by atoms with Gasteiger partial charge in [-0.2, -0.15) is 0 Å². The van der Waals surface area contributed by atoms with E-state index in [1.165, 1.54) is 12.1 Å². The Morgan fingerprint density at radius 1 is 1.21 bits per heavy atom. The van der Waals surface area contributed by atoms with Crippen molar-refractivity contribution < 1.29 is 19.0 Å². The van der Waals surface area contributed by atoms with E-state index in [1.807, 2.05) is 6.92 Å². The maximum Gasteiger partial charge on any atom is 0.335 e. The molecule has 0 aliphatic heterocycles. The summed E-state index contributed by atoms with van der Waals surface area (Å²) in [5, 5.41) is 8.80. The second-order valence-corrected chi connectivity index (χ2v) is 4.18. The predicted molar refractivity (Wildman–Crippen MR) is 70.1 cm³/mol. The minimum atomic E-state index is -1.14. The monoisotopic (exact) mass is 260 g/mol. The van der Waals surface area contributed by atoms with Crippen LogP contribution in [0.1, 0.15) is 15.9 Å². The number of hydrogen-bond donors (Lipinski definition) is 1. The van der Waals surface area contributed by atoms with Gasteiger partial charge in [0.05, 0.1) is 12.7 Å². The topological polar surface area (TPSA) is 46.5 Å². The van der Waals surface area contributed by atoms with Gasteiger partial charge in [-0.1, -0.05) is 12.1 Å². The molecule has 0 aromatic heterocycles. The number of carboxylic acids is 1. The van der Waals surface area contributed by atoms with Crippen LogP contribution in [0.2, 0.25) is 0 Å². The van der Waals surface area contributed by atoms with Crippen LogP contribution in [0.4, 0.5) is 4.39 Å². The molecule has 2 rings (SSSR count). The van der Waals surface area contributed by atoms with E-state index in [2.05, 4.69) is 0 Å². The molecule has 0 aliphatic carbocycles. The molecule has 0 fully saturated rings. The smallest absolute Gasteiger partial charge is 0.335 e. The number of ether oxygens (including phenoxy) is 1. The van der Waals surface area contributed by atoms with Crippen molar-refractivity contribution >= 4 is 5.97 Å². The van der Waals surface area contributed by atoms with Gasteiger partial charge in [-0.05, 0) is 42.3 Å². The fraction of sp³-hybridized carbons (Fsp3) is 0.133. The molecule has 4 heteroatoms. The van der Waals surface area contributed by atoms with Crippen LogP contribution in [-0.2, 0) is 0 Å². The van der Waals surface area contributed by atoms with Gasteiger partial charge in [0.15, 0.2) is 0 Å². The van der Waals surface area contributed by atoms with Gasteiger partial charge >= 0.3 is 5.97 Å². The summed E-state index contributed by atoms with van der Waals surface area (Å²) in [6.07, 6.45) is 0. The standard InChI is InChI=1S/C15H13FO3/c1-9-7-10(4-6-14(9)19-2)12-5-3-11(15(17)18)8-13(12)16/h3-8H,1-2H3,(H,17,18). The van der Waals surface area contributed by atoms with Crippen molar-refractivity contribution in [3.8, 4) is 16.9 Å². The fourth-order valence-electron chi connectivity index (χ4n) is 1.93. The van der Waals surface area contributed by atoms with E-state index in [4.69, 9.17) is 9.84 Å². The highest BCUT2D eigenvalue weighted by molar-refractivity contribution is 5.88. The Bertz CT molecular complexity index is 635. The summed E-state index contributed by atoms with van der Waals surface area (Å²) in [5.41, 5.74) is 1.89. The highest BCUT2D eigenvalue weighted by Crippen LogP contribution is 2.28. The van der Waals surface area contributed by atoms with Crippen LogP contribution in [0.3, 0.4) is 0 Å². The molecule has 0 amide bonds. The normalized spacial score (nSPS) is 10.3. The molecule has 0 aliphatic rings. The molecule has 0 bridgehead atoms. The molecule has 0 spiro atoms. The molecule has 1 N–H and O–H groups in total. The molecule has 0 saturated heterocycles. The number of halogens is 1. The molecule has 3 nitrogen and oxygen atoms in total. The third kappa shape index (κ3) is 2.57. The van der Waals surface area contributed by atoms with Crippen molar-refractivity contribution in [2.45, 2.75) is 6.92 Å². The summed E-state index contributed by atoms with van der Waals surface area (Å²) < 4.78 is 19.1. The first-order chi connectivity index (χ1) is 9.02. The number of aryl methyl sites for hydroxylation is 1. The van der Waals surface area contributed by atoms with Crippen LogP contribution >= 0.6 is 0 Å². The van der Waals surface area contributed by atoms with E-state index in [0.717, 1.165) is 17.4 Å². The Morgan fingerprint density at radius 3 is 2.47 bits per heavy atom. The number of carboxylic acid groups (broad SMARTS) is 1. The van der Waals surface area contributed by atoms with E-state index >= 15 is 0 Å². The van der Waals surface area contributed by atoms with Gasteiger partial charge in [-0.25, -0.2) is 9.18 Å². The SMILES string of the molecule is COc1ccc(-c2ccc(C(=O)O)cc2F)cc1C. The van der Waals surface area contributed by atoms with Crippen molar-refractivity contribution in [2.24, 2.45) is 0 Å². The number of carbonyl (C=O) groups is 1. The lowest BCUT2D eigenvalue weighted by Gasteiger charge is -2.09. The summed E-state index contributed by atoms with van der Waals surface area (Å²) in [6, 6.07) is 9.19. The maximum atomic E-state index is 13.9. The number of aromatic carboxylic acids is 1. The van der Waals surface area contributed by atoms with Gasteiger partial charge in [0.1, 0.15) is 11.6 Å². The van der Waals surface area contributed by atoms with E-state index in [9.17, 15) is 9.18 Å². The molecule has 0 heterocycles. The number of rotatable bonds is 3. The van der Waals surface area contributed by atoms with Crippen molar-refractivity contribution in [1.29, 1.82) is 0 Å². The number of hydrogen-bond acceptors (Lipinski definition) is 2. The zero-order chi connectivity index (χ0) is 14.0.